The molecule has 28 heavy (non-hydrogen) atoms. The molecule has 0 aliphatic carbocycles. The average Bonchev–Trinajstić information content (AvgIpc) is 2.86. The number of likely N-dealkylation sites (tertiary alicyclic amines) is 1. The molecule has 3 rings (SSSR count). The van der Waals surface area contributed by atoms with Gasteiger partial charge in [-0.1, -0.05) is 23.7 Å². The molecule has 5 nitrogen and oxygen atoms in total. The van der Waals surface area contributed by atoms with E-state index in [1.807, 2.05) is 6.92 Å². The van der Waals surface area contributed by atoms with Crippen molar-refractivity contribution in [2.45, 2.75) is 32.0 Å². The Labute approximate surface area is 168 Å². The van der Waals surface area contributed by atoms with E-state index in [1.165, 1.54) is 12.1 Å². The van der Waals surface area contributed by atoms with Crippen molar-refractivity contribution in [2.75, 3.05) is 19.7 Å². The fourth-order valence-corrected chi connectivity index (χ4v) is 3.21. The molecule has 1 N–H and O–H groups in total. The molecule has 1 aliphatic heterocycles. The lowest BCUT2D eigenvalue weighted by atomic mass is 10.1. The second-order valence-electron chi connectivity index (χ2n) is 6.81. The predicted molar refractivity (Wildman–Crippen MR) is 104 cm³/mol. The molecule has 1 aliphatic rings. The Morgan fingerprint density at radius 1 is 1.25 bits per heavy atom. The Balaban J connectivity index is 1.55. The molecular weight excluding hydrogens is 385 g/mol. The summed E-state index contributed by atoms with van der Waals surface area (Å²) in [7, 11) is 0. The Bertz CT molecular complexity index is 832. The molecule has 1 heterocycles. The highest BCUT2D eigenvalue weighted by Crippen LogP contribution is 2.23. The molecule has 1 amide bonds. The fourth-order valence-electron chi connectivity index (χ4n) is 3.09. The SMILES string of the molecule is Cc1cc(OCC(=O)N2CC[C@H](Oc3ccccc3F)[C@@H](O)CC2)ccc1Cl. The molecule has 150 valence electrons. The van der Waals surface area contributed by atoms with Crippen molar-refractivity contribution in [2.24, 2.45) is 0 Å². The van der Waals surface area contributed by atoms with Crippen LogP contribution in [0.2, 0.25) is 5.02 Å². The number of aliphatic hydroxyl groups excluding tert-OH is 1. The van der Waals surface area contributed by atoms with Crippen molar-refractivity contribution >= 4 is 17.5 Å². The first-order chi connectivity index (χ1) is 13.4. The van der Waals surface area contributed by atoms with E-state index >= 15 is 0 Å². The first-order valence-corrected chi connectivity index (χ1v) is 9.58. The van der Waals surface area contributed by atoms with Crippen LogP contribution in [0.4, 0.5) is 4.39 Å². The monoisotopic (exact) mass is 407 g/mol. The number of benzene rings is 2. The largest absolute Gasteiger partial charge is 0.485 e. The second-order valence-corrected chi connectivity index (χ2v) is 7.22. The molecule has 2 aromatic carbocycles. The zero-order valence-electron chi connectivity index (χ0n) is 15.6. The first kappa shape index (κ1) is 20.4. The quantitative estimate of drug-likeness (QED) is 0.822. The smallest absolute Gasteiger partial charge is 0.260 e. The molecule has 0 aromatic heterocycles. The van der Waals surface area contributed by atoms with Gasteiger partial charge in [-0.05, 0) is 49.2 Å². The standard InChI is InChI=1S/C21H23ClFNO4/c1-14-12-15(6-7-16(14)22)27-13-21(26)24-10-8-18(25)20(9-11-24)28-19-5-3-2-4-17(19)23/h2-7,12,18,20,25H,8-11,13H2,1H3/t18-,20-/m0/s1. The third-order valence-corrected chi connectivity index (χ3v) is 5.19. The maximum absolute atomic E-state index is 13.8. The van der Waals surface area contributed by atoms with E-state index < -0.39 is 18.0 Å². The maximum atomic E-state index is 13.8. The van der Waals surface area contributed by atoms with E-state index in [0.717, 1.165) is 5.56 Å². The molecule has 0 unspecified atom stereocenters. The number of halogens is 2. The van der Waals surface area contributed by atoms with Crippen LogP contribution in [0.25, 0.3) is 0 Å². The van der Waals surface area contributed by atoms with Gasteiger partial charge in [-0.15, -0.1) is 0 Å². The molecule has 7 heteroatoms. The molecule has 1 saturated heterocycles. The second kappa shape index (κ2) is 9.26. The number of aryl methyl sites for hydroxylation is 1. The van der Waals surface area contributed by atoms with Crippen LogP contribution in [0.1, 0.15) is 18.4 Å². The minimum Gasteiger partial charge on any atom is -0.485 e. The lowest BCUT2D eigenvalue weighted by Gasteiger charge is -2.22. The number of ether oxygens (including phenoxy) is 2. The van der Waals surface area contributed by atoms with Crippen molar-refractivity contribution in [1.82, 2.24) is 4.90 Å². The van der Waals surface area contributed by atoms with Crippen molar-refractivity contribution in [3.63, 3.8) is 0 Å². The number of carbonyl (C=O) groups is 1. The molecule has 1 fully saturated rings. The lowest BCUT2D eigenvalue weighted by molar-refractivity contribution is -0.133. The van der Waals surface area contributed by atoms with Crippen LogP contribution in [-0.4, -0.2) is 47.8 Å². The van der Waals surface area contributed by atoms with Gasteiger partial charge in [0.2, 0.25) is 0 Å². The molecule has 0 radical (unpaired) electrons. The summed E-state index contributed by atoms with van der Waals surface area (Å²) in [4.78, 5) is 14.1. The van der Waals surface area contributed by atoms with E-state index in [-0.39, 0.29) is 18.3 Å². The number of hydrogen-bond acceptors (Lipinski definition) is 4. The summed E-state index contributed by atoms with van der Waals surface area (Å²) in [5.74, 6) is 0.0310. The number of carbonyl (C=O) groups excluding carboxylic acids is 1. The van der Waals surface area contributed by atoms with Gasteiger partial charge in [0.15, 0.2) is 18.2 Å². The predicted octanol–water partition coefficient (Wildman–Crippen LogP) is 3.60. The van der Waals surface area contributed by atoms with Gasteiger partial charge in [-0.3, -0.25) is 4.79 Å². The van der Waals surface area contributed by atoms with Gasteiger partial charge in [-0.25, -0.2) is 4.39 Å². The van der Waals surface area contributed by atoms with Gasteiger partial charge in [0.25, 0.3) is 5.91 Å². The summed E-state index contributed by atoms with van der Waals surface area (Å²) in [6.45, 7) is 2.55. The number of rotatable bonds is 5. The average molecular weight is 408 g/mol. The van der Waals surface area contributed by atoms with Crippen LogP contribution in [-0.2, 0) is 4.79 Å². The van der Waals surface area contributed by atoms with Crippen molar-refractivity contribution in [3.05, 3.63) is 58.9 Å². The molecule has 2 atom stereocenters. The van der Waals surface area contributed by atoms with E-state index in [4.69, 9.17) is 21.1 Å². The molecular formula is C21H23ClFNO4. The van der Waals surface area contributed by atoms with Crippen molar-refractivity contribution < 1.29 is 23.8 Å². The van der Waals surface area contributed by atoms with Crippen LogP contribution in [0.5, 0.6) is 11.5 Å². The zero-order valence-corrected chi connectivity index (χ0v) is 16.4. The van der Waals surface area contributed by atoms with Gasteiger partial charge in [0.1, 0.15) is 11.9 Å². The van der Waals surface area contributed by atoms with Gasteiger partial charge in [0, 0.05) is 24.5 Å². The Morgan fingerprint density at radius 3 is 2.75 bits per heavy atom. The number of amides is 1. The summed E-state index contributed by atoms with van der Waals surface area (Å²) in [6, 6.07) is 11.3. The van der Waals surface area contributed by atoms with E-state index in [9.17, 15) is 14.3 Å². The zero-order chi connectivity index (χ0) is 20.1. The highest BCUT2D eigenvalue weighted by molar-refractivity contribution is 6.31. The van der Waals surface area contributed by atoms with Gasteiger partial charge in [-0.2, -0.15) is 0 Å². The number of nitrogens with zero attached hydrogens (tertiary/aromatic N) is 1. The van der Waals surface area contributed by atoms with Crippen molar-refractivity contribution in [3.8, 4) is 11.5 Å². The van der Waals surface area contributed by atoms with E-state index in [1.54, 1.807) is 35.2 Å². The Hall–Kier alpha value is -2.31. The van der Waals surface area contributed by atoms with Crippen LogP contribution in [0.3, 0.4) is 0 Å². The third-order valence-electron chi connectivity index (χ3n) is 4.77. The molecule has 0 bridgehead atoms. The maximum Gasteiger partial charge on any atom is 0.260 e. The topological polar surface area (TPSA) is 59.0 Å². The third kappa shape index (κ3) is 5.14. The van der Waals surface area contributed by atoms with E-state index in [0.29, 0.717) is 36.7 Å². The van der Waals surface area contributed by atoms with Crippen LogP contribution in [0.15, 0.2) is 42.5 Å². The number of para-hydroxylation sites is 1. The van der Waals surface area contributed by atoms with Crippen LogP contribution >= 0.6 is 11.6 Å². The fraction of sp³-hybridized carbons (Fsp3) is 0.381. The Morgan fingerprint density at radius 2 is 2.00 bits per heavy atom. The molecule has 0 saturated carbocycles. The Kier molecular flexibility index (Phi) is 6.75. The van der Waals surface area contributed by atoms with Gasteiger partial charge < -0.3 is 19.5 Å². The summed E-state index contributed by atoms with van der Waals surface area (Å²) in [6.07, 6.45) is -0.599. The van der Waals surface area contributed by atoms with Crippen LogP contribution in [0, 0.1) is 12.7 Å². The molecule has 0 spiro atoms. The van der Waals surface area contributed by atoms with Crippen LogP contribution < -0.4 is 9.47 Å². The summed E-state index contributed by atoms with van der Waals surface area (Å²) >= 11 is 5.99. The summed E-state index contributed by atoms with van der Waals surface area (Å²) in [5, 5.41) is 11.0. The first-order valence-electron chi connectivity index (χ1n) is 9.20. The van der Waals surface area contributed by atoms with Gasteiger partial charge in [0.05, 0.1) is 6.10 Å². The normalized spacial score (nSPS) is 19.8. The summed E-state index contributed by atoms with van der Waals surface area (Å²) in [5.41, 5.74) is 0.873. The highest BCUT2D eigenvalue weighted by atomic mass is 35.5. The van der Waals surface area contributed by atoms with E-state index in [2.05, 4.69) is 0 Å². The summed E-state index contributed by atoms with van der Waals surface area (Å²) < 4.78 is 25.0. The minimum absolute atomic E-state index is 0.101. The van der Waals surface area contributed by atoms with Crippen molar-refractivity contribution in [1.29, 1.82) is 0 Å². The number of hydrogen-bond donors (Lipinski definition) is 1. The van der Waals surface area contributed by atoms with Gasteiger partial charge >= 0.3 is 0 Å². The highest BCUT2D eigenvalue weighted by Gasteiger charge is 2.29. The number of aliphatic hydroxyl groups is 1. The minimum atomic E-state index is -0.780. The lowest BCUT2D eigenvalue weighted by Crippen LogP contribution is -2.36. The molecule has 2 aromatic rings.